The van der Waals surface area contributed by atoms with Gasteiger partial charge in [-0.1, -0.05) is 19.9 Å². The van der Waals surface area contributed by atoms with E-state index in [9.17, 15) is 4.79 Å². The van der Waals surface area contributed by atoms with Gasteiger partial charge in [-0.05, 0) is 36.8 Å². The van der Waals surface area contributed by atoms with Crippen molar-refractivity contribution in [3.8, 4) is 0 Å². The predicted octanol–water partition coefficient (Wildman–Crippen LogP) is 2.57. The standard InChI is InChI=1S/C14H22N2O/c1-12(2)10-14(17)16-9-4-3-6-13-7-5-8-15-11-13/h5,7-8,11-12H,3-4,6,9-10H2,1-2H3,(H,16,17). The van der Waals surface area contributed by atoms with Crippen molar-refractivity contribution in [1.82, 2.24) is 10.3 Å². The normalized spacial score (nSPS) is 10.5. The van der Waals surface area contributed by atoms with Gasteiger partial charge in [0.25, 0.3) is 0 Å². The molecule has 0 aromatic carbocycles. The number of nitrogens with one attached hydrogen (secondary N) is 1. The Morgan fingerprint density at radius 1 is 1.41 bits per heavy atom. The maximum Gasteiger partial charge on any atom is 0.220 e. The molecule has 1 N–H and O–H groups in total. The van der Waals surface area contributed by atoms with Crippen molar-refractivity contribution in [3.05, 3.63) is 30.1 Å². The quantitative estimate of drug-likeness (QED) is 0.737. The second kappa shape index (κ2) is 7.82. The fourth-order valence-corrected chi connectivity index (χ4v) is 1.67. The highest BCUT2D eigenvalue weighted by molar-refractivity contribution is 5.75. The minimum atomic E-state index is 0.168. The molecule has 0 atom stereocenters. The van der Waals surface area contributed by atoms with Gasteiger partial charge in [0.05, 0.1) is 0 Å². The Morgan fingerprint density at radius 3 is 2.88 bits per heavy atom. The number of rotatable bonds is 7. The van der Waals surface area contributed by atoms with Gasteiger partial charge < -0.3 is 5.32 Å². The number of carbonyl (C=O) groups is 1. The van der Waals surface area contributed by atoms with Crippen molar-refractivity contribution in [3.63, 3.8) is 0 Å². The molecule has 0 bridgehead atoms. The average Bonchev–Trinajstić information content (AvgIpc) is 2.29. The molecule has 1 heterocycles. The van der Waals surface area contributed by atoms with Crippen LogP contribution in [0.3, 0.4) is 0 Å². The van der Waals surface area contributed by atoms with Crippen LogP contribution in [0.15, 0.2) is 24.5 Å². The summed E-state index contributed by atoms with van der Waals surface area (Å²) in [6.45, 7) is 4.90. The first-order valence-corrected chi connectivity index (χ1v) is 6.34. The number of amides is 1. The number of carbonyl (C=O) groups excluding carboxylic acids is 1. The molecule has 0 unspecified atom stereocenters. The van der Waals surface area contributed by atoms with Gasteiger partial charge in [-0.25, -0.2) is 0 Å². The Bertz CT molecular complexity index is 322. The van der Waals surface area contributed by atoms with Crippen LogP contribution in [0.5, 0.6) is 0 Å². The largest absolute Gasteiger partial charge is 0.356 e. The molecule has 0 aliphatic carbocycles. The van der Waals surface area contributed by atoms with E-state index < -0.39 is 0 Å². The predicted molar refractivity (Wildman–Crippen MR) is 69.6 cm³/mol. The van der Waals surface area contributed by atoms with Gasteiger partial charge in [-0.2, -0.15) is 0 Å². The van der Waals surface area contributed by atoms with Gasteiger partial charge in [0.2, 0.25) is 5.91 Å². The van der Waals surface area contributed by atoms with Gasteiger partial charge in [-0.15, -0.1) is 0 Å². The molecule has 0 spiro atoms. The molecule has 1 rings (SSSR count). The van der Waals surface area contributed by atoms with E-state index in [2.05, 4.69) is 30.2 Å². The van der Waals surface area contributed by atoms with Crippen LogP contribution < -0.4 is 5.32 Å². The van der Waals surface area contributed by atoms with Crippen LogP contribution >= 0.6 is 0 Å². The van der Waals surface area contributed by atoms with Gasteiger partial charge in [0.15, 0.2) is 0 Å². The van der Waals surface area contributed by atoms with E-state index in [1.165, 1.54) is 5.56 Å². The van der Waals surface area contributed by atoms with Gasteiger partial charge in [0, 0.05) is 25.4 Å². The molecule has 3 nitrogen and oxygen atoms in total. The maximum atomic E-state index is 11.4. The lowest BCUT2D eigenvalue weighted by Crippen LogP contribution is -2.25. The molecule has 0 radical (unpaired) electrons. The smallest absolute Gasteiger partial charge is 0.220 e. The van der Waals surface area contributed by atoms with E-state index in [0.29, 0.717) is 12.3 Å². The fourth-order valence-electron chi connectivity index (χ4n) is 1.67. The number of aryl methyl sites for hydroxylation is 1. The Labute approximate surface area is 104 Å². The molecule has 0 aliphatic rings. The lowest BCUT2D eigenvalue weighted by atomic mass is 10.1. The van der Waals surface area contributed by atoms with Crippen molar-refractivity contribution in [2.24, 2.45) is 5.92 Å². The summed E-state index contributed by atoms with van der Waals surface area (Å²) in [6.07, 6.45) is 7.47. The summed E-state index contributed by atoms with van der Waals surface area (Å²) in [5.41, 5.74) is 1.26. The Kier molecular flexibility index (Phi) is 6.30. The molecule has 3 heteroatoms. The zero-order chi connectivity index (χ0) is 12.5. The highest BCUT2D eigenvalue weighted by Gasteiger charge is 2.03. The Morgan fingerprint density at radius 2 is 2.24 bits per heavy atom. The highest BCUT2D eigenvalue weighted by atomic mass is 16.1. The third-order valence-corrected chi connectivity index (χ3v) is 2.53. The number of hydrogen-bond donors (Lipinski definition) is 1. The van der Waals surface area contributed by atoms with Crippen LogP contribution in [0.2, 0.25) is 0 Å². The number of unbranched alkanes of at least 4 members (excludes halogenated alkanes) is 1. The number of aromatic nitrogens is 1. The van der Waals surface area contributed by atoms with Crippen molar-refractivity contribution in [2.45, 2.75) is 39.5 Å². The summed E-state index contributed by atoms with van der Waals surface area (Å²) < 4.78 is 0. The second-order valence-corrected chi connectivity index (χ2v) is 4.77. The van der Waals surface area contributed by atoms with E-state index in [0.717, 1.165) is 25.8 Å². The van der Waals surface area contributed by atoms with E-state index in [1.54, 1.807) is 6.20 Å². The van der Waals surface area contributed by atoms with E-state index in [-0.39, 0.29) is 5.91 Å². The zero-order valence-electron chi connectivity index (χ0n) is 10.8. The topological polar surface area (TPSA) is 42.0 Å². The summed E-state index contributed by atoms with van der Waals surface area (Å²) in [5.74, 6) is 0.603. The minimum Gasteiger partial charge on any atom is -0.356 e. The highest BCUT2D eigenvalue weighted by Crippen LogP contribution is 2.02. The Hall–Kier alpha value is -1.38. The summed E-state index contributed by atoms with van der Waals surface area (Å²) >= 11 is 0. The molecule has 1 aromatic heterocycles. The van der Waals surface area contributed by atoms with Crippen LogP contribution in [0.4, 0.5) is 0 Å². The molecule has 17 heavy (non-hydrogen) atoms. The van der Waals surface area contributed by atoms with Gasteiger partial charge >= 0.3 is 0 Å². The van der Waals surface area contributed by atoms with Crippen LogP contribution in [-0.2, 0) is 11.2 Å². The van der Waals surface area contributed by atoms with E-state index in [1.807, 2.05) is 12.3 Å². The molecule has 1 amide bonds. The van der Waals surface area contributed by atoms with Gasteiger partial charge in [-0.3, -0.25) is 9.78 Å². The third-order valence-electron chi connectivity index (χ3n) is 2.53. The molecular weight excluding hydrogens is 212 g/mol. The van der Waals surface area contributed by atoms with Crippen molar-refractivity contribution in [1.29, 1.82) is 0 Å². The minimum absolute atomic E-state index is 0.168. The van der Waals surface area contributed by atoms with E-state index >= 15 is 0 Å². The lowest BCUT2D eigenvalue weighted by molar-refractivity contribution is -0.121. The van der Waals surface area contributed by atoms with Crippen molar-refractivity contribution < 1.29 is 4.79 Å². The van der Waals surface area contributed by atoms with Crippen molar-refractivity contribution in [2.75, 3.05) is 6.54 Å². The number of hydrogen-bond acceptors (Lipinski definition) is 2. The summed E-state index contributed by atoms with van der Waals surface area (Å²) in [5, 5.41) is 2.95. The molecule has 94 valence electrons. The fraction of sp³-hybridized carbons (Fsp3) is 0.571. The summed E-state index contributed by atoms with van der Waals surface area (Å²) in [7, 11) is 0. The number of pyridine rings is 1. The monoisotopic (exact) mass is 234 g/mol. The van der Waals surface area contributed by atoms with Crippen LogP contribution in [-0.4, -0.2) is 17.4 Å². The average molecular weight is 234 g/mol. The molecule has 0 saturated heterocycles. The molecule has 0 fully saturated rings. The first kappa shape index (κ1) is 13.7. The first-order valence-electron chi connectivity index (χ1n) is 6.34. The van der Waals surface area contributed by atoms with E-state index in [4.69, 9.17) is 0 Å². The molecular formula is C14H22N2O. The molecule has 0 saturated carbocycles. The summed E-state index contributed by atoms with van der Waals surface area (Å²) in [6, 6.07) is 4.05. The van der Waals surface area contributed by atoms with Crippen LogP contribution in [0.1, 0.15) is 38.7 Å². The van der Waals surface area contributed by atoms with Crippen molar-refractivity contribution >= 4 is 5.91 Å². The zero-order valence-corrected chi connectivity index (χ0v) is 10.8. The third kappa shape index (κ3) is 6.72. The molecule has 1 aromatic rings. The maximum absolute atomic E-state index is 11.4. The summed E-state index contributed by atoms with van der Waals surface area (Å²) in [4.78, 5) is 15.4. The van der Waals surface area contributed by atoms with Crippen LogP contribution in [0.25, 0.3) is 0 Å². The van der Waals surface area contributed by atoms with Crippen LogP contribution in [0, 0.1) is 5.92 Å². The Balaban J connectivity index is 2.03. The lowest BCUT2D eigenvalue weighted by Gasteiger charge is -2.06. The number of nitrogens with zero attached hydrogens (tertiary/aromatic N) is 1. The SMILES string of the molecule is CC(C)CC(=O)NCCCCc1cccnc1. The van der Waals surface area contributed by atoms with Gasteiger partial charge in [0.1, 0.15) is 0 Å². The first-order chi connectivity index (χ1) is 8.18. The molecule has 0 aliphatic heterocycles. The second-order valence-electron chi connectivity index (χ2n) is 4.77.